The second kappa shape index (κ2) is 10.8. The molecule has 0 unspecified atom stereocenters. The summed E-state index contributed by atoms with van der Waals surface area (Å²) < 4.78 is 0. The minimum absolute atomic E-state index is 0.178. The van der Waals surface area contributed by atoms with Gasteiger partial charge < -0.3 is 5.41 Å². The highest BCUT2D eigenvalue weighted by Crippen LogP contribution is 2.14. The van der Waals surface area contributed by atoms with Crippen molar-refractivity contribution in [2.45, 2.75) is 46.0 Å². The van der Waals surface area contributed by atoms with Crippen molar-refractivity contribution in [1.82, 2.24) is 0 Å². The van der Waals surface area contributed by atoms with Crippen LogP contribution in [0.5, 0.6) is 0 Å². The van der Waals surface area contributed by atoms with E-state index in [0.717, 1.165) is 24.2 Å². The molecule has 3 heteroatoms. The quantitative estimate of drug-likeness (QED) is 0.267. The largest absolute Gasteiger partial charge is 0.301 e. The monoisotopic (exact) mass is 279 g/mol. The predicted molar refractivity (Wildman–Crippen MR) is 87.0 cm³/mol. The van der Waals surface area contributed by atoms with Crippen LogP contribution < -0.4 is 0 Å². The second-order valence-corrected chi connectivity index (χ2v) is 5.25. The third-order valence-electron chi connectivity index (χ3n) is 2.82. The first-order valence-corrected chi connectivity index (χ1v) is 7.98. The van der Waals surface area contributed by atoms with Crippen LogP contribution >= 0.6 is 11.8 Å². The summed E-state index contributed by atoms with van der Waals surface area (Å²) >= 11 is 1.62. The van der Waals surface area contributed by atoms with Gasteiger partial charge in [0.15, 0.2) is 0 Å². The molecule has 0 aromatic heterocycles. The molecule has 0 atom stereocenters. The zero-order chi connectivity index (χ0) is 14.7. The van der Waals surface area contributed by atoms with Crippen LogP contribution in [0.15, 0.2) is 35.3 Å². The minimum Gasteiger partial charge on any atom is -0.301 e. The number of Topliss-reactive ketones (excluding diaryl/α,β-unsaturated/α-hetero) is 1. The van der Waals surface area contributed by atoms with Crippen LogP contribution in [0.1, 0.15) is 46.0 Å². The van der Waals surface area contributed by atoms with Gasteiger partial charge in [0.1, 0.15) is 0 Å². The van der Waals surface area contributed by atoms with E-state index in [1.165, 1.54) is 6.42 Å². The van der Waals surface area contributed by atoms with Gasteiger partial charge in [-0.05, 0) is 32.1 Å². The molecule has 0 aliphatic rings. The summed E-state index contributed by atoms with van der Waals surface area (Å²) in [6, 6.07) is 0. The van der Waals surface area contributed by atoms with E-state index in [1.807, 2.05) is 25.3 Å². The van der Waals surface area contributed by atoms with E-state index in [0.29, 0.717) is 12.0 Å². The highest BCUT2D eigenvalue weighted by atomic mass is 32.2. The Kier molecular flexibility index (Phi) is 10.2. The van der Waals surface area contributed by atoms with E-state index in [2.05, 4.69) is 13.5 Å². The molecular weight excluding hydrogens is 254 g/mol. The van der Waals surface area contributed by atoms with Crippen LogP contribution in [-0.2, 0) is 4.79 Å². The molecule has 0 aromatic carbocycles. The molecule has 1 N–H and O–H groups in total. The van der Waals surface area contributed by atoms with Gasteiger partial charge >= 0.3 is 0 Å². The SMILES string of the molecule is C=C(/C=C\C(=C/C)SC)C(=O)C(=N)CCCCCC. The lowest BCUT2D eigenvalue weighted by atomic mass is 10.0. The van der Waals surface area contributed by atoms with Gasteiger partial charge in [-0.15, -0.1) is 11.8 Å². The maximum absolute atomic E-state index is 11.9. The van der Waals surface area contributed by atoms with Gasteiger partial charge in [0.05, 0.1) is 5.71 Å². The number of nitrogens with one attached hydrogen (secondary N) is 1. The first kappa shape index (κ1) is 17.9. The molecule has 0 saturated heterocycles. The van der Waals surface area contributed by atoms with E-state index in [9.17, 15) is 4.79 Å². The van der Waals surface area contributed by atoms with Crippen molar-refractivity contribution in [2.75, 3.05) is 6.26 Å². The topological polar surface area (TPSA) is 40.9 Å². The van der Waals surface area contributed by atoms with Crippen LogP contribution in [0.25, 0.3) is 0 Å². The van der Waals surface area contributed by atoms with Crippen molar-refractivity contribution in [1.29, 1.82) is 5.41 Å². The Morgan fingerprint density at radius 2 is 1.95 bits per heavy atom. The molecule has 0 aliphatic heterocycles. The number of carbonyl (C=O) groups excluding carboxylic acids is 1. The highest BCUT2D eigenvalue weighted by molar-refractivity contribution is 8.02. The molecule has 0 amide bonds. The molecule has 0 aromatic rings. The van der Waals surface area contributed by atoms with Gasteiger partial charge in [-0.3, -0.25) is 4.79 Å². The van der Waals surface area contributed by atoms with Crippen LogP contribution in [0.2, 0.25) is 0 Å². The summed E-state index contributed by atoms with van der Waals surface area (Å²) in [6.45, 7) is 7.85. The lowest BCUT2D eigenvalue weighted by Crippen LogP contribution is -2.13. The molecule has 106 valence electrons. The second-order valence-electron chi connectivity index (χ2n) is 4.37. The van der Waals surface area contributed by atoms with Gasteiger partial charge in [-0.2, -0.15) is 0 Å². The molecule has 0 heterocycles. The summed E-state index contributed by atoms with van der Waals surface area (Å²) in [5.41, 5.74) is 0.575. The smallest absolute Gasteiger partial charge is 0.205 e. The molecule has 0 bridgehead atoms. The molecule has 19 heavy (non-hydrogen) atoms. The number of ketones is 1. The molecule has 0 saturated carbocycles. The molecular formula is C16H25NOS. The van der Waals surface area contributed by atoms with Crippen LogP contribution in [-0.4, -0.2) is 17.8 Å². The van der Waals surface area contributed by atoms with Crippen LogP contribution in [0, 0.1) is 5.41 Å². The number of unbranched alkanes of at least 4 members (excludes halogenated alkanes) is 3. The summed E-state index contributed by atoms with van der Waals surface area (Å²) in [4.78, 5) is 13.0. The Morgan fingerprint density at radius 1 is 1.26 bits per heavy atom. The average Bonchev–Trinajstić information content (AvgIpc) is 2.43. The van der Waals surface area contributed by atoms with Gasteiger partial charge in [0.2, 0.25) is 5.78 Å². The Hall–Kier alpha value is -1.09. The fourth-order valence-corrected chi connectivity index (χ4v) is 2.02. The van der Waals surface area contributed by atoms with Gasteiger partial charge in [-0.25, -0.2) is 0 Å². The van der Waals surface area contributed by atoms with Crippen molar-refractivity contribution >= 4 is 23.3 Å². The van der Waals surface area contributed by atoms with Crippen molar-refractivity contribution in [2.24, 2.45) is 0 Å². The average molecular weight is 279 g/mol. The van der Waals surface area contributed by atoms with E-state index >= 15 is 0 Å². The third-order valence-corrected chi connectivity index (χ3v) is 3.66. The maximum Gasteiger partial charge on any atom is 0.205 e. The molecule has 2 nitrogen and oxygen atoms in total. The number of hydrogen-bond donors (Lipinski definition) is 1. The number of allylic oxidation sites excluding steroid dienone is 4. The zero-order valence-electron chi connectivity index (χ0n) is 12.3. The Labute approximate surface area is 121 Å². The third kappa shape index (κ3) is 7.83. The van der Waals surface area contributed by atoms with E-state index in [4.69, 9.17) is 5.41 Å². The number of thioether (sulfide) groups is 1. The first-order valence-electron chi connectivity index (χ1n) is 6.76. The Balaban J connectivity index is 4.25. The minimum atomic E-state index is -0.232. The molecule has 0 radical (unpaired) electrons. The standard InChI is InChI=1S/C16H25NOS/c1-5-7-8-9-10-15(17)16(18)13(3)11-12-14(6-2)19-4/h6,11-12,17H,3,5,7-10H2,1-2,4H3/b12-11-,14-6+,17-15?. The fraction of sp³-hybridized carbons (Fsp3) is 0.500. The van der Waals surface area contributed by atoms with Crippen molar-refractivity contribution in [3.05, 3.63) is 35.3 Å². The number of hydrogen-bond acceptors (Lipinski definition) is 3. The maximum atomic E-state index is 11.9. The van der Waals surface area contributed by atoms with E-state index in [1.54, 1.807) is 17.8 Å². The number of rotatable bonds is 10. The zero-order valence-corrected chi connectivity index (χ0v) is 13.1. The van der Waals surface area contributed by atoms with Crippen molar-refractivity contribution in [3.63, 3.8) is 0 Å². The Morgan fingerprint density at radius 3 is 2.47 bits per heavy atom. The summed E-state index contributed by atoms with van der Waals surface area (Å²) in [6.07, 6.45) is 12.4. The van der Waals surface area contributed by atoms with Gasteiger partial charge in [0.25, 0.3) is 0 Å². The lowest BCUT2D eigenvalue weighted by Gasteiger charge is -2.03. The van der Waals surface area contributed by atoms with Gasteiger partial charge in [-0.1, -0.05) is 44.9 Å². The summed E-state index contributed by atoms with van der Waals surface area (Å²) in [5, 5.41) is 7.77. The first-order chi connectivity index (χ1) is 9.06. The van der Waals surface area contributed by atoms with E-state index in [-0.39, 0.29) is 11.5 Å². The molecule has 0 aliphatic carbocycles. The predicted octanol–water partition coefficient (Wildman–Crippen LogP) is 4.92. The number of carbonyl (C=O) groups is 1. The van der Waals surface area contributed by atoms with Crippen molar-refractivity contribution < 1.29 is 4.79 Å². The molecule has 0 fully saturated rings. The molecule has 0 rings (SSSR count). The van der Waals surface area contributed by atoms with Crippen LogP contribution in [0.3, 0.4) is 0 Å². The fourth-order valence-electron chi connectivity index (χ4n) is 1.58. The summed E-state index contributed by atoms with van der Waals surface area (Å²) in [5.74, 6) is -0.232. The molecule has 0 spiro atoms. The summed E-state index contributed by atoms with van der Waals surface area (Å²) in [7, 11) is 0. The normalized spacial score (nSPS) is 11.8. The lowest BCUT2D eigenvalue weighted by molar-refractivity contribution is -0.109. The highest BCUT2D eigenvalue weighted by Gasteiger charge is 2.10. The van der Waals surface area contributed by atoms with E-state index < -0.39 is 0 Å². The van der Waals surface area contributed by atoms with Gasteiger partial charge in [0, 0.05) is 10.5 Å². The van der Waals surface area contributed by atoms with Crippen LogP contribution in [0.4, 0.5) is 0 Å². The van der Waals surface area contributed by atoms with Crippen molar-refractivity contribution in [3.8, 4) is 0 Å². The Bertz CT molecular complexity index is 380.